The molecule has 0 atom stereocenters. The second kappa shape index (κ2) is 9.54. The molecule has 1 aromatic heterocycles. The number of carbonyl (C=O) groups excluding carboxylic acids is 1. The standard InChI is InChI=1S/C23H24O6S/c1-6-29-23(24)20-13-17(14-7-9-16(25-2)10-8-14)22(30-20)15-11-18(26-3)21(28-5)19(12-15)27-4/h7-13H,6H2,1-5H3. The van der Waals surface area contributed by atoms with Crippen LogP contribution in [0.2, 0.25) is 0 Å². The fourth-order valence-electron chi connectivity index (χ4n) is 3.11. The average Bonchev–Trinajstić information content (AvgIpc) is 3.24. The maximum atomic E-state index is 12.4. The summed E-state index contributed by atoms with van der Waals surface area (Å²) in [5, 5.41) is 0. The van der Waals surface area contributed by atoms with Crippen molar-refractivity contribution < 1.29 is 28.5 Å². The number of hydrogen-bond acceptors (Lipinski definition) is 7. The predicted molar refractivity (Wildman–Crippen MR) is 117 cm³/mol. The Kier molecular flexibility index (Phi) is 6.84. The Bertz CT molecular complexity index is 998. The number of methoxy groups -OCH3 is 4. The highest BCUT2D eigenvalue weighted by molar-refractivity contribution is 7.18. The quantitative estimate of drug-likeness (QED) is 0.454. The van der Waals surface area contributed by atoms with Crippen molar-refractivity contribution in [3.05, 3.63) is 47.3 Å². The van der Waals surface area contributed by atoms with Gasteiger partial charge in [0.2, 0.25) is 5.75 Å². The maximum Gasteiger partial charge on any atom is 0.348 e. The molecule has 0 N–H and O–H groups in total. The highest BCUT2D eigenvalue weighted by Crippen LogP contribution is 2.46. The molecule has 3 aromatic rings. The number of hydrogen-bond donors (Lipinski definition) is 0. The van der Waals surface area contributed by atoms with Crippen molar-refractivity contribution >= 4 is 17.3 Å². The number of benzene rings is 2. The molecule has 0 unspecified atom stereocenters. The molecule has 0 spiro atoms. The van der Waals surface area contributed by atoms with Crippen molar-refractivity contribution in [1.29, 1.82) is 0 Å². The summed E-state index contributed by atoms with van der Waals surface area (Å²) in [5.74, 6) is 2.00. The zero-order valence-corrected chi connectivity index (χ0v) is 18.4. The van der Waals surface area contributed by atoms with Crippen LogP contribution < -0.4 is 18.9 Å². The van der Waals surface area contributed by atoms with Crippen LogP contribution in [0.25, 0.3) is 21.6 Å². The lowest BCUT2D eigenvalue weighted by molar-refractivity contribution is 0.0532. The number of rotatable bonds is 8. The van der Waals surface area contributed by atoms with Gasteiger partial charge >= 0.3 is 5.97 Å². The summed E-state index contributed by atoms with van der Waals surface area (Å²) < 4.78 is 26.9. The first-order valence-corrected chi connectivity index (χ1v) is 10.1. The molecule has 0 fully saturated rings. The van der Waals surface area contributed by atoms with Gasteiger partial charge in [-0.25, -0.2) is 4.79 Å². The minimum atomic E-state index is -0.351. The molecule has 1 heterocycles. The van der Waals surface area contributed by atoms with Crippen LogP contribution in [0.3, 0.4) is 0 Å². The van der Waals surface area contributed by atoms with Crippen LogP contribution in [-0.2, 0) is 4.74 Å². The number of esters is 1. The third-order valence-corrected chi connectivity index (χ3v) is 5.70. The Labute approximate surface area is 179 Å². The average molecular weight is 429 g/mol. The van der Waals surface area contributed by atoms with Crippen LogP contribution in [0.15, 0.2) is 42.5 Å². The van der Waals surface area contributed by atoms with Crippen LogP contribution in [0.4, 0.5) is 0 Å². The maximum absolute atomic E-state index is 12.4. The highest BCUT2D eigenvalue weighted by Gasteiger charge is 2.21. The van der Waals surface area contributed by atoms with E-state index < -0.39 is 0 Å². The third kappa shape index (κ3) is 4.21. The number of ether oxygens (including phenoxy) is 5. The Morgan fingerprint density at radius 1 is 0.833 bits per heavy atom. The smallest absolute Gasteiger partial charge is 0.348 e. The van der Waals surface area contributed by atoms with Gasteiger partial charge in [-0.15, -0.1) is 11.3 Å². The van der Waals surface area contributed by atoms with Gasteiger partial charge in [0.15, 0.2) is 11.5 Å². The van der Waals surface area contributed by atoms with Crippen LogP contribution in [-0.4, -0.2) is 41.0 Å². The fraction of sp³-hybridized carbons (Fsp3) is 0.261. The van der Waals surface area contributed by atoms with Gasteiger partial charge in [0.1, 0.15) is 10.6 Å². The molecule has 2 aromatic carbocycles. The molecule has 7 heteroatoms. The normalized spacial score (nSPS) is 10.4. The zero-order chi connectivity index (χ0) is 21.7. The third-order valence-electron chi connectivity index (χ3n) is 4.54. The van der Waals surface area contributed by atoms with Crippen LogP contribution >= 0.6 is 11.3 Å². The van der Waals surface area contributed by atoms with Gasteiger partial charge in [-0.05, 0) is 48.4 Å². The van der Waals surface area contributed by atoms with Crippen molar-refractivity contribution in [2.75, 3.05) is 35.0 Å². The van der Waals surface area contributed by atoms with Gasteiger partial charge in [0.25, 0.3) is 0 Å². The van der Waals surface area contributed by atoms with Gasteiger partial charge < -0.3 is 23.7 Å². The van der Waals surface area contributed by atoms with E-state index >= 15 is 0 Å². The lowest BCUT2D eigenvalue weighted by atomic mass is 10.0. The minimum absolute atomic E-state index is 0.314. The molecule has 0 aliphatic rings. The van der Waals surface area contributed by atoms with E-state index in [9.17, 15) is 4.79 Å². The minimum Gasteiger partial charge on any atom is -0.497 e. The zero-order valence-electron chi connectivity index (χ0n) is 17.6. The molecular weight excluding hydrogens is 404 g/mol. The van der Waals surface area contributed by atoms with Crippen molar-refractivity contribution in [2.24, 2.45) is 0 Å². The topological polar surface area (TPSA) is 63.2 Å². The van der Waals surface area contributed by atoms with Gasteiger partial charge in [0.05, 0.1) is 35.0 Å². The molecule has 0 bridgehead atoms. The molecule has 0 aliphatic carbocycles. The molecule has 0 amide bonds. The van der Waals surface area contributed by atoms with Crippen LogP contribution in [0.1, 0.15) is 16.6 Å². The molecule has 6 nitrogen and oxygen atoms in total. The van der Waals surface area contributed by atoms with Gasteiger partial charge in [-0.1, -0.05) is 12.1 Å². The first kappa shape index (κ1) is 21.5. The van der Waals surface area contributed by atoms with Gasteiger partial charge in [-0.2, -0.15) is 0 Å². The Balaban J connectivity index is 2.20. The van der Waals surface area contributed by atoms with E-state index in [1.807, 2.05) is 42.5 Å². The lowest BCUT2D eigenvalue weighted by Crippen LogP contribution is -2.01. The summed E-state index contributed by atoms with van der Waals surface area (Å²) in [7, 11) is 6.33. The summed E-state index contributed by atoms with van der Waals surface area (Å²) in [4.78, 5) is 13.8. The summed E-state index contributed by atoms with van der Waals surface area (Å²) in [5.41, 5.74) is 2.70. The van der Waals surface area contributed by atoms with E-state index in [-0.39, 0.29) is 5.97 Å². The summed E-state index contributed by atoms with van der Waals surface area (Å²) >= 11 is 1.36. The monoisotopic (exact) mass is 428 g/mol. The SMILES string of the molecule is CCOC(=O)c1cc(-c2ccc(OC)cc2)c(-c2cc(OC)c(OC)c(OC)c2)s1. The van der Waals surface area contributed by atoms with E-state index in [1.165, 1.54) is 11.3 Å². The molecule has 0 saturated heterocycles. The molecular formula is C23H24O6S. The van der Waals surface area contributed by atoms with Gasteiger partial charge in [-0.3, -0.25) is 0 Å². The fourth-order valence-corrected chi connectivity index (χ4v) is 4.17. The van der Waals surface area contributed by atoms with Crippen LogP contribution in [0.5, 0.6) is 23.0 Å². The Hall–Kier alpha value is -3.19. The lowest BCUT2D eigenvalue weighted by Gasteiger charge is -2.14. The summed E-state index contributed by atoms with van der Waals surface area (Å²) in [6.07, 6.45) is 0. The summed E-state index contributed by atoms with van der Waals surface area (Å²) in [6, 6.07) is 13.3. The van der Waals surface area contributed by atoms with E-state index in [1.54, 1.807) is 35.4 Å². The first-order valence-electron chi connectivity index (χ1n) is 9.32. The van der Waals surface area contributed by atoms with Crippen molar-refractivity contribution in [3.8, 4) is 44.6 Å². The molecule has 158 valence electrons. The van der Waals surface area contributed by atoms with Crippen LogP contribution in [0, 0.1) is 0 Å². The Morgan fingerprint density at radius 2 is 1.47 bits per heavy atom. The second-order valence-corrected chi connectivity index (χ2v) is 7.27. The first-order chi connectivity index (χ1) is 14.6. The second-order valence-electron chi connectivity index (χ2n) is 6.22. The molecule has 30 heavy (non-hydrogen) atoms. The van der Waals surface area contributed by atoms with Crippen molar-refractivity contribution in [3.63, 3.8) is 0 Å². The van der Waals surface area contributed by atoms with Crippen molar-refractivity contribution in [1.82, 2.24) is 0 Å². The van der Waals surface area contributed by atoms with E-state index in [2.05, 4.69) is 0 Å². The highest BCUT2D eigenvalue weighted by atomic mass is 32.1. The van der Waals surface area contributed by atoms with E-state index in [0.29, 0.717) is 28.7 Å². The Morgan fingerprint density at radius 3 is 1.97 bits per heavy atom. The molecule has 0 aliphatic heterocycles. The molecule has 0 radical (unpaired) electrons. The van der Waals surface area contributed by atoms with Gasteiger partial charge in [0, 0.05) is 10.4 Å². The summed E-state index contributed by atoms with van der Waals surface area (Å²) in [6.45, 7) is 2.10. The largest absolute Gasteiger partial charge is 0.497 e. The number of thiophene rings is 1. The van der Waals surface area contributed by atoms with E-state index in [4.69, 9.17) is 23.7 Å². The van der Waals surface area contributed by atoms with Crippen molar-refractivity contribution in [2.45, 2.75) is 6.92 Å². The number of carbonyl (C=O) groups is 1. The molecule has 3 rings (SSSR count). The van der Waals surface area contributed by atoms with E-state index in [0.717, 1.165) is 27.3 Å². The molecule has 0 saturated carbocycles. The predicted octanol–water partition coefficient (Wildman–Crippen LogP) is 5.29.